The first-order chi connectivity index (χ1) is 10.2. The van der Waals surface area contributed by atoms with Crippen LogP contribution in [0.15, 0.2) is 22.7 Å². The number of nitrogens with zero attached hydrogens (tertiary/aromatic N) is 1. The van der Waals surface area contributed by atoms with Crippen molar-refractivity contribution in [3.8, 4) is 5.75 Å². The Labute approximate surface area is 135 Å². The molecule has 0 aliphatic carbocycles. The molecule has 1 heterocycles. The van der Waals surface area contributed by atoms with Crippen molar-refractivity contribution < 1.29 is 9.53 Å². The van der Waals surface area contributed by atoms with Crippen LogP contribution < -0.4 is 10.1 Å². The molecular weight excluding hydrogens is 332 g/mol. The summed E-state index contributed by atoms with van der Waals surface area (Å²) in [7, 11) is 1.58. The molecule has 1 fully saturated rings. The number of ether oxygens (including phenoxy) is 1. The number of carbonyl (C=O) groups is 1. The van der Waals surface area contributed by atoms with Gasteiger partial charge in [-0.25, -0.2) is 0 Å². The summed E-state index contributed by atoms with van der Waals surface area (Å²) in [5.41, 5.74) is 0.576. The Hall–Kier alpha value is -1.07. The van der Waals surface area contributed by atoms with Gasteiger partial charge < -0.3 is 10.1 Å². The van der Waals surface area contributed by atoms with E-state index in [-0.39, 0.29) is 5.91 Å². The van der Waals surface area contributed by atoms with Crippen molar-refractivity contribution in [2.24, 2.45) is 0 Å². The van der Waals surface area contributed by atoms with Crippen LogP contribution in [0.2, 0.25) is 0 Å². The molecular formula is C16H23BrN2O2. The average Bonchev–Trinajstić information content (AvgIpc) is 2.92. The number of hydrogen-bond donors (Lipinski definition) is 1. The summed E-state index contributed by atoms with van der Waals surface area (Å²) in [5, 5.41) is 3.05. The van der Waals surface area contributed by atoms with Crippen molar-refractivity contribution >= 4 is 21.8 Å². The van der Waals surface area contributed by atoms with Crippen LogP contribution >= 0.6 is 15.9 Å². The number of benzene rings is 1. The highest BCUT2D eigenvalue weighted by molar-refractivity contribution is 9.10. The fourth-order valence-electron chi connectivity index (χ4n) is 2.87. The first-order valence-electron chi connectivity index (χ1n) is 7.51. The minimum atomic E-state index is -0.0727. The molecule has 1 N–H and O–H groups in total. The number of likely N-dealkylation sites (tertiary alicyclic amines) is 1. The van der Waals surface area contributed by atoms with E-state index in [1.165, 1.54) is 6.42 Å². The lowest BCUT2D eigenvalue weighted by Gasteiger charge is -2.24. The Bertz CT molecular complexity index is 493. The van der Waals surface area contributed by atoms with Gasteiger partial charge in [-0.3, -0.25) is 9.69 Å². The molecule has 5 heteroatoms. The number of amides is 1. The largest absolute Gasteiger partial charge is 0.496 e. The molecule has 0 spiro atoms. The lowest BCUT2D eigenvalue weighted by molar-refractivity contribution is 0.0937. The molecule has 21 heavy (non-hydrogen) atoms. The Morgan fingerprint density at radius 1 is 1.52 bits per heavy atom. The number of nitrogens with one attached hydrogen (secondary N) is 1. The maximum Gasteiger partial charge on any atom is 0.255 e. The van der Waals surface area contributed by atoms with Gasteiger partial charge in [-0.1, -0.05) is 22.9 Å². The summed E-state index contributed by atoms with van der Waals surface area (Å²) in [4.78, 5) is 14.8. The molecule has 1 atom stereocenters. The molecule has 1 aromatic rings. The second kappa shape index (κ2) is 7.80. The molecule has 0 aromatic heterocycles. The van der Waals surface area contributed by atoms with Crippen LogP contribution in [0.25, 0.3) is 0 Å². The van der Waals surface area contributed by atoms with Crippen LogP contribution in [-0.2, 0) is 0 Å². The summed E-state index contributed by atoms with van der Waals surface area (Å²) in [6.45, 7) is 5.16. The standard InChI is InChI=1S/C16H23BrN2O2/c1-3-8-19-9-4-5-13(19)11-18-16(20)14-10-12(17)6-7-15(14)21-2/h6-7,10,13H,3-5,8-9,11H2,1-2H3,(H,18,20). The molecule has 4 nitrogen and oxygen atoms in total. The first kappa shape index (κ1) is 16.3. The zero-order chi connectivity index (χ0) is 15.2. The average molecular weight is 355 g/mol. The maximum atomic E-state index is 12.4. The zero-order valence-electron chi connectivity index (χ0n) is 12.7. The van der Waals surface area contributed by atoms with E-state index in [4.69, 9.17) is 4.74 Å². The van der Waals surface area contributed by atoms with Gasteiger partial charge in [0.25, 0.3) is 5.91 Å². The van der Waals surface area contributed by atoms with E-state index in [0.717, 1.165) is 30.4 Å². The van der Waals surface area contributed by atoms with E-state index in [1.54, 1.807) is 19.2 Å². The molecule has 1 aromatic carbocycles. The second-order valence-electron chi connectivity index (χ2n) is 5.39. The van der Waals surface area contributed by atoms with Gasteiger partial charge in [0.15, 0.2) is 0 Å². The summed E-state index contributed by atoms with van der Waals surface area (Å²) in [6.07, 6.45) is 3.54. The quantitative estimate of drug-likeness (QED) is 0.853. The summed E-state index contributed by atoms with van der Waals surface area (Å²) in [5.74, 6) is 0.532. The van der Waals surface area contributed by atoms with Gasteiger partial charge in [0.2, 0.25) is 0 Å². The molecule has 0 radical (unpaired) electrons. The topological polar surface area (TPSA) is 41.6 Å². The van der Waals surface area contributed by atoms with E-state index in [9.17, 15) is 4.79 Å². The summed E-state index contributed by atoms with van der Waals surface area (Å²) in [6, 6.07) is 5.94. The van der Waals surface area contributed by atoms with Crippen LogP contribution in [0.3, 0.4) is 0 Å². The van der Waals surface area contributed by atoms with Crippen molar-refractivity contribution in [1.29, 1.82) is 0 Å². The van der Waals surface area contributed by atoms with Gasteiger partial charge in [-0.15, -0.1) is 0 Å². The lowest BCUT2D eigenvalue weighted by atomic mass is 10.1. The molecule has 2 rings (SSSR count). The second-order valence-corrected chi connectivity index (χ2v) is 6.30. The van der Waals surface area contributed by atoms with Crippen molar-refractivity contribution in [3.05, 3.63) is 28.2 Å². The summed E-state index contributed by atoms with van der Waals surface area (Å²) < 4.78 is 6.14. The molecule has 116 valence electrons. The Balaban J connectivity index is 1.97. The van der Waals surface area contributed by atoms with Crippen LogP contribution in [0, 0.1) is 0 Å². The van der Waals surface area contributed by atoms with Gasteiger partial charge in [0.1, 0.15) is 5.75 Å². The highest BCUT2D eigenvalue weighted by atomic mass is 79.9. The van der Waals surface area contributed by atoms with Crippen molar-refractivity contribution in [2.75, 3.05) is 26.7 Å². The van der Waals surface area contributed by atoms with Crippen LogP contribution in [-0.4, -0.2) is 43.6 Å². The van der Waals surface area contributed by atoms with Crippen LogP contribution in [0.1, 0.15) is 36.5 Å². The van der Waals surface area contributed by atoms with Gasteiger partial charge in [0, 0.05) is 17.1 Å². The number of carbonyl (C=O) groups excluding carboxylic acids is 1. The third-order valence-electron chi connectivity index (χ3n) is 3.91. The predicted molar refractivity (Wildman–Crippen MR) is 87.9 cm³/mol. The normalized spacial score (nSPS) is 18.7. The van der Waals surface area contributed by atoms with Gasteiger partial charge in [-0.2, -0.15) is 0 Å². The van der Waals surface area contributed by atoms with Crippen LogP contribution in [0.4, 0.5) is 0 Å². The zero-order valence-corrected chi connectivity index (χ0v) is 14.3. The Kier molecular flexibility index (Phi) is 6.06. The maximum absolute atomic E-state index is 12.4. The predicted octanol–water partition coefficient (Wildman–Crippen LogP) is 3.06. The molecule has 1 amide bonds. The molecule has 1 saturated heterocycles. The van der Waals surface area contributed by atoms with E-state index in [2.05, 4.69) is 33.1 Å². The minimum Gasteiger partial charge on any atom is -0.496 e. The highest BCUT2D eigenvalue weighted by Crippen LogP contribution is 2.23. The van der Waals surface area contributed by atoms with E-state index < -0.39 is 0 Å². The third kappa shape index (κ3) is 4.20. The van der Waals surface area contributed by atoms with Crippen molar-refractivity contribution in [1.82, 2.24) is 10.2 Å². The Morgan fingerprint density at radius 3 is 3.05 bits per heavy atom. The molecule has 0 bridgehead atoms. The molecule has 0 saturated carbocycles. The van der Waals surface area contributed by atoms with E-state index >= 15 is 0 Å². The van der Waals surface area contributed by atoms with Crippen molar-refractivity contribution in [3.63, 3.8) is 0 Å². The summed E-state index contributed by atoms with van der Waals surface area (Å²) >= 11 is 3.40. The number of halogens is 1. The SMILES string of the molecule is CCCN1CCCC1CNC(=O)c1cc(Br)ccc1OC. The van der Waals surface area contributed by atoms with Gasteiger partial charge in [-0.05, 0) is 50.6 Å². The molecule has 1 unspecified atom stereocenters. The molecule has 1 aliphatic rings. The number of hydrogen-bond acceptors (Lipinski definition) is 3. The van der Waals surface area contributed by atoms with Gasteiger partial charge in [0.05, 0.1) is 12.7 Å². The molecule has 1 aliphatic heterocycles. The monoisotopic (exact) mass is 354 g/mol. The smallest absolute Gasteiger partial charge is 0.255 e. The fourth-order valence-corrected chi connectivity index (χ4v) is 3.23. The number of methoxy groups -OCH3 is 1. The van der Waals surface area contributed by atoms with Crippen LogP contribution in [0.5, 0.6) is 5.75 Å². The fraction of sp³-hybridized carbons (Fsp3) is 0.562. The lowest BCUT2D eigenvalue weighted by Crippen LogP contribution is -2.40. The van der Waals surface area contributed by atoms with Gasteiger partial charge >= 0.3 is 0 Å². The first-order valence-corrected chi connectivity index (χ1v) is 8.30. The van der Waals surface area contributed by atoms with E-state index in [0.29, 0.717) is 23.9 Å². The minimum absolute atomic E-state index is 0.0727. The third-order valence-corrected chi connectivity index (χ3v) is 4.41. The van der Waals surface area contributed by atoms with E-state index in [1.807, 2.05) is 6.07 Å². The highest BCUT2D eigenvalue weighted by Gasteiger charge is 2.24. The number of rotatable bonds is 6. The Morgan fingerprint density at radius 2 is 2.33 bits per heavy atom. The van der Waals surface area contributed by atoms with Crippen molar-refractivity contribution in [2.45, 2.75) is 32.2 Å².